The smallest absolute Gasteiger partial charge is 0.242 e. The van der Waals surface area contributed by atoms with E-state index in [1.165, 1.54) is 20.8 Å². The molecule has 0 unspecified atom stereocenters. The molecule has 2 aliphatic rings. The van der Waals surface area contributed by atoms with Crippen LogP contribution >= 0.6 is 0 Å². The van der Waals surface area contributed by atoms with Gasteiger partial charge in [0.15, 0.2) is 0 Å². The first-order valence-electron chi connectivity index (χ1n) is 9.86. The summed E-state index contributed by atoms with van der Waals surface area (Å²) < 4.78 is 0. The van der Waals surface area contributed by atoms with E-state index in [-0.39, 0.29) is 42.1 Å². The van der Waals surface area contributed by atoms with Gasteiger partial charge in [-0.25, -0.2) is 0 Å². The molecule has 2 saturated heterocycles. The third-order valence-corrected chi connectivity index (χ3v) is 5.87. The minimum Gasteiger partial charge on any atom is -0.347 e. The van der Waals surface area contributed by atoms with Crippen LogP contribution in [0.25, 0.3) is 0 Å². The van der Waals surface area contributed by atoms with Gasteiger partial charge in [-0.1, -0.05) is 30.3 Å². The van der Waals surface area contributed by atoms with Crippen molar-refractivity contribution in [3.8, 4) is 0 Å². The second kappa shape index (κ2) is 8.23. The van der Waals surface area contributed by atoms with E-state index in [1.54, 1.807) is 9.80 Å². The van der Waals surface area contributed by atoms with Crippen molar-refractivity contribution < 1.29 is 19.2 Å². The van der Waals surface area contributed by atoms with Crippen LogP contribution in [0, 0.1) is 5.92 Å². The molecule has 8 nitrogen and oxygen atoms in total. The average Bonchev–Trinajstić information content (AvgIpc) is 3.00. The van der Waals surface area contributed by atoms with Crippen LogP contribution in [-0.2, 0) is 19.2 Å². The number of nitrogens with one attached hydrogen (secondary N) is 2. The molecule has 8 heteroatoms. The fraction of sp³-hybridized carbons (Fsp3) is 0.524. The van der Waals surface area contributed by atoms with Gasteiger partial charge in [-0.2, -0.15) is 0 Å². The Morgan fingerprint density at radius 2 is 1.72 bits per heavy atom. The maximum absolute atomic E-state index is 12.6. The number of piperidine rings is 1. The first-order chi connectivity index (χ1) is 13.7. The summed E-state index contributed by atoms with van der Waals surface area (Å²) in [4.78, 5) is 51.8. The molecule has 1 aromatic carbocycles. The van der Waals surface area contributed by atoms with E-state index in [4.69, 9.17) is 0 Å². The van der Waals surface area contributed by atoms with Crippen LogP contribution in [0.1, 0.15) is 38.8 Å². The number of amides is 4. The van der Waals surface area contributed by atoms with Crippen molar-refractivity contribution in [2.75, 3.05) is 26.2 Å². The molecule has 2 aliphatic heterocycles. The van der Waals surface area contributed by atoms with E-state index in [9.17, 15) is 19.2 Å². The summed E-state index contributed by atoms with van der Waals surface area (Å²) in [7, 11) is 0. The van der Waals surface area contributed by atoms with Gasteiger partial charge in [0.25, 0.3) is 0 Å². The monoisotopic (exact) mass is 400 g/mol. The second-order valence-electron chi connectivity index (χ2n) is 7.96. The number of carbonyl (C=O) groups excluding carboxylic acids is 4. The molecule has 0 aliphatic carbocycles. The number of likely N-dealkylation sites (tertiary alicyclic amines) is 2. The number of nitrogens with zero attached hydrogens (tertiary/aromatic N) is 2. The third kappa shape index (κ3) is 4.26. The van der Waals surface area contributed by atoms with Crippen LogP contribution in [0.2, 0.25) is 0 Å². The number of carbonyl (C=O) groups is 4. The lowest BCUT2D eigenvalue weighted by molar-refractivity contribution is -0.136. The number of hydrogen-bond acceptors (Lipinski definition) is 4. The first-order valence-corrected chi connectivity index (χ1v) is 9.86. The maximum atomic E-state index is 12.6. The Morgan fingerprint density at radius 3 is 2.31 bits per heavy atom. The van der Waals surface area contributed by atoms with Crippen molar-refractivity contribution in [3.05, 3.63) is 35.9 Å². The summed E-state index contributed by atoms with van der Waals surface area (Å²) in [6.07, 6.45) is 0.648. The molecule has 156 valence electrons. The SMILES string of the molecule is CC(=O)NCC(=O)N1CC[C@@H]2[C@@H](c3ccccc3)N(C(C)=O)C[C@]2(NC(C)=O)C1. The third-order valence-electron chi connectivity index (χ3n) is 5.87. The zero-order valence-electron chi connectivity index (χ0n) is 17.1. The lowest BCUT2D eigenvalue weighted by Gasteiger charge is -2.45. The Morgan fingerprint density at radius 1 is 1.03 bits per heavy atom. The molecular weight excluding hydrogens is 372 g/mol. The fourth-order valence-electron chi connectivity index (χ4n) is 4.77. The lowest BCUT2D eigenvalue weighted by atomic mass is 9.75. The highest BCUT2D eigenvalue weighted by atomic mass is 16.2. The molecule has 2 N–H and O–H groups in total. The van der Waals surface area contributed by atoms with Gasteiger partial charge < -0.3 is 20.4 Å². The molecule has 0 bridgehead atoms. The summed E-state index contributed by atoms with van der Waals surface area (Å²) >= 11 is 0. The summed E-state index contributed by atoms with van der Waals surface area (Å²) in [5.74, 6) is -0.724. The zero-order valence-corrected chi connectivity index (χ0v) is 17.1. The largest absolute Gasteiger partial charge is 0.347 e. The van der Waals surface area contributed by atoms with Gasteiger partial charge in [-0.15, -0.1) is 0 Å². The molecule has 2 fully saturated rings. The van der Waals surface area contributed by atoms with E-state index >= 15 is 0 Å². The molecule has 0 spiro atoms. The van der Waals surface area contributed by atoms with E-state index < -0.39 is 5.54 Å². The van der Waals surface area contributed by atoms with Gasteiger partial charge in [0.2, 0.25) is 23.6 Å². The van der Waals surface area contributed by atoms with Gasteiger partial charge in [-0.05, 0) is 12.0 Å². The molecule has 29 heavy (non-hydrogen) atoms. The van der Waals surface area contributed by atoms with Crippen LogP contribution in [-0.4, -0.2) is 65.1 Å². The van der Waals surface area contributed by atoms with Gasteiger partial charge in [0.1, 0.15) is 0 Å². The van der Waals surface area contributed by atoms with Crippen LogP contribution in [0.15, 0.2) is 30.3 Å². The average molecular weight is 400 g/mol. The predicted molar refractivity (Wildman–Crippen MR) is 106 cm³/mol. The van der Waals surface area contributed by atoms with Gasteiger partial charge in [0, 0.05) is 46.3 Å². The Bertz CT molecular complexity index is 812. The van der Waals surface area contributed by atoms with Crippen LogP contribution < -0.4 is 10.6 Å². The first kappa shape index (κ1) is 20.8. The molecule has 3 atom stereocenters. The Labute approximate surface area is 170 Å². The molecular formula is C21H28N4O4. The number of fused-ring (bicyclic) bond motifs is 1. The standard InChI is InChI=1S/C21H28N4O4/c1-14(26)22-11-19(29)24-10-9-18-20(17-7-5-4-6-8-17)25(16(3)28)13-21(18,12-24)23-15(2)27/h4-8,18,20H,9-13H2,1-3H3,(H,22,26)(H,23,27)/t18-,20-,21-/m1/s1. The van der Waals surface area contributed by atoms with E-state index in [0.717, 1.165) is 5.56 Å². The van der Waals surface area contributed by atoms with Crippen molar-refractivity contribution in [1.29, 1.82) is 0 Å². The minimum absolute atomic E-state index is 0.0116. The molecule has 2 heterocycles. The highest BCUT2D eigenvalue weighted by Gasteiger charge is 2.57. The minimum atomic E-state index is -0.720. The summed E-state index contributed by atoms with van der Waals surface area (Å²) in [6.45, 7) is 5.45. The molecule has 0 radical (unpaired) electrons. The molecule has 4 amide bonds. The van der Waals surface area contributed by atoms with Crippen molar-refractivity contribution >= 4 is 23.6 Å². The van der Waals surface area contributed by atoms with E-state index in [0.29, 0.717) is 26.1 Å². The Kier molecular flexibility index (Phi) is 5.91. The van der Waals surface area contributed by atoms with Crippen LogP contribution in [0.5, 0.6) is 0 Å². The highest BCUT2D eigenvalue weighted by molar-refractivity contribution is 5.84. The molecule has 0 saturated carbocycles. The van der Waals surface area contributed by atoms with Crippen molar-refractivity contribution in [2.45, 2.75) is 38.8 Å². The van der Waals surface area contributed by atoms with Crippen LogP contribution in [0.4, 0.5) is 0 Å². The molecule has 1 aromatic rings. The number of benzene rings is 1. The zero-order chi connectivity index (χ0) is 21.2. The highest BCUT2D eigenvalue weighted by Crippen LogP contribution is 2.47. The van der Waals surface area contributed by atoms with Gasteiger partial charge >= 0.3 is 0 Å². The normalized spacial score (nSPS) is 25.9. The molecule has 3 rings (SSSR count). The Hall–Kier alpha value is -2.90. The topological polar surface area (TPSA) is 98.8 Å². The second-order valence-corrected chi connectivity index (χ2v) is 7.96. The number of hydrogen-bond donors (Lipinski definition) is 2. The fourth-order valence-corrected chi connectivity index (χ4v) is 4.77. The van der Waals surface area contributed by atoms with Crippen LogP contribution in [0.3, 0.4) is 0 Å². The van der Waals surface area contributed by atoms with Gasteiger partial charge in [0.05, 0.1) is 18.1 Å². The predicted octanol–water partition coefficient (Wildman–Crippen LogP) is 0.449. The van der Waals surface area contributed by atoms with E-state index in [1.807, 2.05) is 30.3 Å². The van der Waals surface area contributed by atoms with Crippen molar-refractivity contribution in [2.24, 2.45) is 5.92 Å². The Balaban J connectivity index is 1.93. The molecule has 0 aromatic heterocycles. The van der Waals surface area contributed by atoms with Gasteiger partial charge in [-0.3, -0.25) is 19.2 Å². The van der Waals surface area contributed by atoms with Crippen molar-refractivity contribution in [3.63, 3.8) is 0 Å². The lowest BCUT2D eigenvalue weighted by Crippen LogP contribution is -2.65. The maximum Gasteiger partial charge on any atom is 0.242 e. The summed E-state index contributed by atoms with van der Waals surface area (Å²) in [5.41, 5.74) is 0.306. The summed E-state index contributed by atoms with van der Waals surface area (Å²) in [5, 5.41) is 5.61. The van der Waals surface area contributed by atoms with Crippen molar-refractivity contribution in [1.82, 2.24) is 20.4 Å². The quantitative estimate of drug-likeness (QED) is 0.767. The summed E-state index contributed by atoms with van der Waals surface area (Å²) in [6, 6.07) is 9.66. The number of rotatable bonds is 4. The van der Waals surface area contributed by atoms with E-state index in [2.05, 4.69) is 10.6 Å².